The first kappa shape index (κ1) is 20.6. The number of aromatic nitrogens is 1. The number of rotatable bonds is 4. The van der Waals surface area contributed by atoms with Gasteiger partial charge in [0, 0.05) is 24.4 Å². The van der Waals surface area contributed by atoms with Gasteiger partial charge in [0.05, 0.1) is 16.1 Å². The van der Waals surface area contributed by atoms with Crippen molar-refractivity contribution in [3.8, 4) is 5.88 Å². The summed E-state index contributed by atoms with van der Waals surface area (Å²) in [5.74, 6) is -0.0457. The number of pyridine rings is 1. The molecule has 4 rings (SSSR count). The maximum atomic E-state index is 13.8. The van der Waals surface area contributed by atoms with Crippen molar-refractivity contribution in [3.63, 3.8) is 0 Å². The first-order chi connectivity index (χ1) is 14.4. The van der Waals surface area contributed by atoms with Gasteiger partial charge in [-0.2, -0.15) is 0 Å². The largest absolute Gasteiger partial charge is 0.475 e. The van der Waals surface area contributed by atoms with Gasteiger partial charge in [-0.25, -0.2) is 9.37 Å². The molecule has 0 spiro atoms. The molecule has 1 unspecified atom stereocenters. The highest BCUT2D eigenvalue weighted by Gasteiger charge is 2.31. The first-order valence-corrected chi connectivity index (χ1v) is 10.2. The molecule has 0 saturated heterocycles. The topological polar surface area (TPSA) is 42.4 Å². The molecule has 154 valence electrons. The summed E-state index contributed by atoms with van der Waals surface area (Å²) in [5, 5.41) is 0.687. The fraction of sp³-hybridized carbons (Fsp3) is 0.217. The van der Waals surface area contributed by atoms with Crippen LogP contribution < -0.4 is 4.74 Å². The van der Waals surface area contributed by atoms with Crippen LogP contribution in [0.1, 0.15) is 27.0 Å². The standard InChI is InChI=1S/C23H19Cl2FN2O2/c1-14-2-7-22(27-11-14)30-13-19-9-15-3-5-18(26)8-17(15)12-28(19)23(29)16-4-6-20(24)21(25)10-16/h2-8,10-11,19H,9,12-13H2,1H3. The lowest BCUT2D eigenvalue weighted by atomic mass is 9.93. The predicted molar refractivity (Wildman–Crippen MR) is 115 cm³/mol. The normalized spacial score (nSPS) is 15.6. The van der Waals surface area contributed by atoms with E-state index in [0.29, 0.717) is 27.9 Å². The van der Waals surface area contributed by atoms with Crippen LogP contribution in [0.15, 0.2) is 54.7 Å². The molecule has 0 N–H and O–H groups in total. The van der Waals surface area contributed by atoms with Gasteiger partial charge < -0.3 is 9.64 Å². The van der Waals surface area contributed by atoms with E-state index in [0.717, 1.165) is 16.7 Å². The summed E-state index contributed by atoms with van der Waals surface area (Å²) >= 11 is 12.1. The molecule has 1 aromatic heterocycles. The summed E-state index contributed by atoms with van der Waals surface area (Å²) in [6.45, 7) is 2.49. The number of nitrogens with zero attached hydrogens (tertiary/aromatic N) is 2. The van der Waals surface area contributed by atoms with Crippen LogP contribution in [0, 0.1) is 12.7 Å². The zero-order valence-corrected chi connectivity index (χ0v) is 17.8. The fourth-order valence-corrected chi connectivity index (χ4v) is 3.82. The Balaban J connectivity index is 1.61. The van der Waals surface area contributed by atoms with Crippen molar-refractivity contribution in [1.29, 1.82) is 0 Å². The maximum absolute atomic E-state index is 13.8. The number of amides is 1. The molecule has 4 nitrogen and oxygen atoms in total. The van der Waals surface area contributed by atoms with Crippen molar-refractivity contribution < 1.29 is 13.9 Å². The van der Waals surface area contributed by atoms with Crippen molar-refractivity contribution in [2.45, 2.75) is 25.9 Å². The monoisotopic (exact) mass is 444 g/mol. The van der Waals surface area contributed by atoms with Gasteiger partial charge in [0.15, 0.2) is 0 Å². The molecule has 1 atom stereocenters. The average molecular weight is 445 g/mol. The lowest BCUT2D eigenvalue weighted by Gasteiger charge is -2.37. The third-order valence-electron chi connectivity index (χ3n) is 5.14. The second-order valence-electron chi connectivity index (χ2n) is 7.32. The average Bonchev–Trinajstić information content (AvgIpc) is 2.74. The molecular formula is C23H19Cl2FN2O2. The molecule has 7 heteroatoms. The number of fused-ring (bicyclic) bond motifs is 1. The van der Waals surface area contributed by atoms with Crippen LogP contribution in [0.2, 0.25) is 10.0 Å². The number of halogens is 3. The van der Waals surface area contributed by atoms with Crippen molar-refractivity contribution in [2.75, 3.05) is 6.61 Å². The number of aryl methyl sites for hydroxylation is 1. The summed E-state index contributed by atoms with van der Waals surface area (Å²) in [6.07, 6.45) is 2.28. The Morgan fingerprint density at radius 1 is 1.13 bits per heavy atom. The number of hydrogen-bond acceptors (Lipinski definition) is 3. The minimum atomic E-state index is -0.325. The molecule has 30 heavy (non-hydrogen) atoms. The summed E-state index contributed by atoms with van der Waals surface area (Å²) in [6, 6.07) is 12.9. The van der Waals surface area contributed by atoms with Crippen LogP contribution in [0.4, 0.5) is 4.39 Å². The molecule has 0 radical (unpaired) electrons. The smallest absolute Gasteiger partial charge is 0.254 e. The first-order valence-electron chi connectivity index (χ1n) is 9.49. The Hall–Kier alpha value is -2.63. The molecule has 0 saturated carbocycles. The minimum Gasteiger partial charge on any atom is -0.475 e. The third-order valence-corrected chi connectivity index (χ3v) is 5.88. The summed E-state index contributed by atoms with van der Waals surface area (Å²) in [7, 11) is 0. The van der Waals surface area contributed by atoms with Crippen LogP contribution >= 0.6 is 23.2 Å². The third kappa shape index (κ3) is 4.42. The lowest BCUT2D eigenvalue weighted by molar-refractivity contribution is 0.0562. The molecule has 0 fully saturated rings. The molecular weight excluding hydrogens is 426 g/mol. The highest BCUT2D eigenvalue weighted by Crippen LogP contribution is 2.28. The van der Waals surface area contributed by atoms with Gasteiger partial charge in [-0.05, 0) is 60.4 Å². The molecule has 1 aliphatic rings. The zero-order valence-electron chi connectivity index (χ0n) is 16.2. The van der Waals surface area contributed by atoms with Gasteiger partial charge >= 0.3 is 0 Å². The summed E-state index contributed by atoms with van der Waals surface area (Å²) in [4.78, 5) is 19.2. The fourth-order valence-electron chi connectivity index (χ4n) is 3.52. The highest BCUT2D eigenvalue weighted by atomic mass is 35.5. The molecule has 3 aromatic rings. The van der Waals surface area contributed by atoms with E-state index in [1.807, 2.05) is 13.0 Å². The molecule has 0 aliphatic carbocycles. The van der Waals surface area contributed by atoms with Crippen molar-refractivity contribution in [3.05, 3.63) is 92.8 Å². The van der Waals surface area contributed by atoms with Gasteiger partial charge in [-0.3, -0.25) is 4.79 Å². The number of carbonyl (C=O) groups excluding carboxylic acids is 1. The van der Waals surface area contributed by atoms with Gasteiger partial charge in [0.25, 0.3) is 5.91 Å². The number of benzene rings is 2. The van der Waals surface area contributed by atoms with Crippen LogP contribution in [0.3, 0.4) is 0 Å². The van der Waals surface area contributed by atoms with E-state index >= 15 is 0 Å². The van der Waals surface area contributed by atoms with Crippen molar-refractivity contribution >= 4 is 29.1 Å². The van der Waals surface area contributed by atoms with Gasteiger partial charge in [-0.1, -0.05) is 35.3 Å². The molecule has 1 aliphatic heterocycles. The quantitative estimate of drug-likeness (QED) is 0.534. The molecule has 2 aromatic carbocycles. The Labute approximate surface area is 184 Å². The second-order valence-corrected chi connectivity index (χ2v) is 8.13. The van der Waals surface area contributed by atoms with E-state index in [9.17, 15) is 9.18 Å². The highest BCUT2D eigenvalue weighted by molar-refractivity contribution is 6.42. The molecule has 2 heterocycles. The van der Waals surface area contributed by atoms with Crippen LogP contribution in [-0.4, -0.2) is 28.4 Å². The Morgan fingerprint density at radius 2 is 1.97 bits per heavy atom. The van der Waals surface area contributed by atoms with E-state index < -0.39 is 0 Å². The van der Waals surface area contributed by atoms with E-state index in [-0.39, 0.29) is 30.9 Å². The van der Waals surface area contributed by atoms with Gasteiger partial charge in [-0.15, -0.1) is 0 Å². The number of hydrogen-bond donors (Lipinski definition) is 0. The number of ether oxygens (including phenoxy) is 1. The van der Waals surface area contributed by atoms with E-state index in [2.05, 4.69) is 4.98 Å². The van der Waals surface area contributed by atoms with E-state index in [1.165, 1.54) is 12.1 Å². The Kier molecular flexibility index (Phi) is 5.93. The SMILES string of the molecule is Cc1ccc(OCC2Cc3ccc(F)cc3CN2C(=O)c2ccc(Cl)c(Cl)c2)nc1. The Bertz CT molecular complexity index is 1090. The van der Waals surface area contributed by atoms with Gasteiger partial charge in [0.2, 0.25) is 5.88 Å². The molecule has 1 amide bonds. The van der Waals surface area contributed by atoms with Crippen LogP contribution in [-0.2, 0) is 13.0 Å². The summed E-state index contributed by atoms with van der Waals surface area (Å²) in [5.41, 5.74) is 3.24. The van der Waals surface area contributed by atoms with Gasteiger partial charge in [0.1, 0.15) is 12.4 Å². The minimum absolute atomic E-state index is 0.214. The lowest BCUT2D eigenvalue weighted by Crippen LogP contribution is -2.47. The van der Waals surface area contributed by atoms with E-state index in [4.69, 9.17) is 27.9 Å². The zero-order chi connectivity index (χ0) is 21.3. The maximum Gasteiger partial charge on any atom is 0.254 e. The molecule has 0 bridgehead atoms. The van der Waals surface area contributed by atoms with Crippen molar-refractivity contribution in [1.82, 2.24) is 9.88 Å². The second kappa shape index (κ2) is 8.62. The van der Waals surface area contributed by atoms with Crippen LogP contribution in [0.5, 0.6) is 5.88 Å². The van der Waals surface area contributed by atoms with Crippen LogP contribution in [0.25, 0.3) is 0 Å². The Morgan fingerprint density at radius 3 is 2.70 bits per heavy atom. The predicted octanol–water partition coefficient (Wildman–Crippen LogP) is 5.48. The van der Waals surface area contributed by atoms with E-state index in [1.54, 1.807) is 41.4 Å². The van der Waals surface area contributed by atoms with Crippen molar-refractivity contribution in [2.24, 2.45) is 0 Å². The summed E-state index contributed by atoms with van der Waals surface area (Å²) < 4.78 is 19.6. The number of carbonyl (C=O) groups is 1.